The van der Waals surface area contributed by atoms with E-state index >= 15 is 0 Å². The summed E-state index contributed by atoms with van der Waals surface area (Å²) in [6.45, 7) is 7.14. The minimum atomic E-state index is 0.647. The van der Waals surface area contributed by atoms with Gasteiger partial charge < -0.3 is 5.32 Å². The van der Waals surface area contributed by atoms with E-state index < -0.39 is 0 Å². The summed E-state index contributed by atoms with van der Waals surface area (Å²) < 4.78 is 0. The smallest absolute Gasteiger partial charge is 0.125 e. The SMILES string of the molecule is CNc1ccc(CN2CC3CCCCN3CC2C)cn1. The number of nitrogens with one attached hydrogen (secondary N) is 1. The van der Waals surface area contributed by atoms with Crippen LogP contribution in [0.1, 0.15) is 31.7 Å². The lowest BCUT2D eigenvalue weighted by molar-refractivity contribution is 0.0110. The van der Waals surface area contributed by atoms with Crippen molar-refractivity contribution < 1.29 is 0 Å². The largest absolute Gasteiger partial charge is 0.373 e. The number of piperidine rings is 1. The Morgan fingerprint density at radius 1 is 1.30 bits per heavy atom. The highest BCUT2D eigenvalue weighted by Gasteiger charge is 2.32. The molecule has 3 heterocycles. The molecule has 0 spiro atoms. The third kappa shape index (κ3) is 2.96. The lowest BCUT2D eigenvalue weighted by Gasteiger charge is -2.47. The van der Waals surface area contributed by atoms with Gasteiger partial charge in [-0.15, -0.1) is 0 Å². The number of pyridine rings is 1. The number of nitrogens with zero attached hydrogens (tertiary/aromatic N) is 3. The van der Waals surface area contributed by atoms with E-state index in [1.807, 2.05) is 13.2 Å². The van der Waals surface area contributed by atoms with Crippen LogP contribution in [-0.2, 0) is 6.54 Å². The molecule has 4 heteroatoms. The second kappa shape index (κ2) is 6.10. The van der Waals surface area contributed by atoms with Crippen LogP contribution in [-0.4, -0.2) is 53.5 Å². The van der Waals surface area contributed by atoms with Crippen molar-refractivity contribution in [2.24, 2.45) is 0 Å². The highest BCUT2D eigenvalue weighted by atomic mass is 15.3. The molecule has 2 saturated heterocycles. The third-order valence-electron chi connectivity index (χ3n) is 4.78. The molecular formula is C16H26N4. The van der Waals surface area contributed by atoms with Crippen LogP contribution in [0, 0.1) is 0 Å². The summed E-state index contributed by atoms with van der Waals surface area (Å²) in [7, 11) is 1.91. The first kappa shape index (κ1) is 13.8. The summed E-state index contributed by atoms with van der Waals surface area (Å²) in [5.74, 6) is 0.943. The van der Waals surface area contributed by atoms with Crippen LogP contribution in [0.4, 0.5) is 5.82 Å². The third-order valence-corrected chi connectivity index (χ3v) is 4.78. The molecule has 20 heavy (non-hydrogen) atoms. The van der Waals surface area contributed by atoms with Crippen LogP contribution in [0.15, 0.2) is 18.3 Å². The Morgan fingerprint density at radius 2 is 2.20 bits per heavy atom. The van der Waals surface area contributed by atoms with Crippen molar-refractivity contribution >= 4 is 5.82 Å². The number of aromatic nitrogens is 1. The van der Waals surface area contributed by atoms with Gasteiger partial charge in [0, 0.05) is 45.0 Å². The molecule has 1 aromatic rings. The topological polar surface area (TPSA) is 31.4 Å². The summed E-state index contributed by atoms with van der Waals surface area (Å²) >= 11 is 0. The molecule has 2 aliphatic rings. The van der Waals surface area contributed by atoms with E-state index in [-0.39, 0.29) is 0 Å². The lowest BCUT2D eigenvalue weighted by atomic mass is 9.97. The Hall–Kier alpha value is -1.13. The predicted molar refractivity (Wildman–Crippen MR) is 82.9 cm³/mol. The molecular weight excluding hydrogens is 248 g/mol. The number of piperazine rings is 1. The van der Waals surface area contributed by atoms with E-state index in [0.717, 1.165) is 18.4 Å². The van der Waals surface area contributed by atoms with Crippen LogP contribution >= 0.6 is 0 Å². The molecule has 0 bridgehead atoms. The maximum atomic E-state index is 4.42. The number of rotatable bonds is 3. The molecule has 0 aliphatic carbocycles. The predicted octanol–water partition coefficient (Wildman–Crippen LogP) is 2.18. The number of hydrogen-bond acceptors (Lipinski definition) is 4. The van der Waals surface area contributed by atoms with Crippen LogP contribution < -0.4 is 5.32 Å². The van der Waals surface area contributed by atoms with E-state index in [0.29, 0.717) is 6.04 Å². The monoisotopic (exact) mass is 274 g/mol. The van der Waals surface area contributed by atoms with E-state index in [9.17, 15) is 0 Å². The number of fused-ring (bicyclic) bond motifs is 1. The van der Waals surface area contributed by atoms with Gasteiger partial charge in [-0.3, -0.25) is 9.80 Å². The maximum absolute atomic E-state index is 4.42. The van der Waals surface area contributed by atoms with Crippen molar-refractivity contribution in [2.75, 3.05) is 32.0 Å². The molecule has 1 aromatic heterocycles. The highest BCUT2D eigenvalue weighted by Crippen LogP contribution is 2.25. The molecule has 0 saturated carbocycles. The maximum Gasteiger partial charge on any atom is 0.125 e. The Kier molecular flexibility index (Phi) is 4.22. The molecule has 2 fully saturated rings. The van der Waals surface area contributed by atoms with E-state index in [2.05, 4.69) is 39.2 Å². The molecule has 0 amide bonds. The summed E-state index contributed by atoms with van der Waals surface area (Å²) in [5, 5.41) is 3.07. The lowest BCUT2D eigenvalue weighted by Crippen LogP contribution is -2.58. The Bertz CT molecular complexity index is 431. The quantitative estimate of drug-likeness (QED) is 0.915. The minimum absolute atomic E-state index is 0.647. The van der Waals surface area contributed by atoms with Crippen LogP contribution in [0.3, 0.4) is 0 Å². The molecule has 4 nitrogen and oxygen atoms in total. The van der Waals surface area contributed by atoms with Gasteiger partial charge in [0.1, 0.15) is 5.82 Å². The highest BCUT2D eigenvalue weighted by molar-refractivity contribution is 5.34. The van der Waals surface area contributed by atoms with E-state index in [1.54, 1.807) is 0 Å². The first-order valence-electron chi connectivity index (χ1n) is 7.87. The summed E-state index contributed by atoms with van der Waals surface area (Å²) in [5.41, 5.74) is 1.32. The molecule has 3 rings (SSSR count). The Balaban J connectivity index is 1.63. The summed E-state index contributed by atoms with van der Waals surface area (Å²) in [6.07, 6.45) is 6.17. The standard InChI is InChI=1S/C16H26N4/c1-13-10-19-8-4-3-5-15(19)12-20(13)11-14-6-7-16(17-2)18-9-14/h6-7,9,13,15H,3-5,8,10-12H2,1-2H3,(H,17,18). The second-order valence-corrected chi connectivity index (χ2v) is 6.22. The van der Waals surface area contributed by atoms with Crippen LogP contribution in [0.5, 0.6) is 0 Å². The van der Waals surface area contributed by atoms with Gasteiger partial charge in [-0.25, -0.2) is 4.98 Å². The van der Waals surface area contributed by atoms with Crippen molar-refractivity contribution in [1.29, 1.82) is 0 Å². The first-order valence-corrected chi connectivity index (χ1v) is 7.87. The van der Waals surface area contributed by atoms with Crippen LogP contribution in [0.25, 0.3) is 0 Å². The van der Waals surface area contributed by atoms with Crippen molar-refractivity contribution in [2.45, 2.75) is 44.8 Å². The van der Waals surface area contributed by atoms with Crippen molar-refractivity contribution in [1.82, 2.24) is 14.8 Å². The Labute approximate surface area is 122 Å². The average Bonchev–Trinajstić information content (AvgIpc) is 2.49. The fourth-order valence-corrected chi connectivity index (χ4v) is 3.53. The van der Waals surface area contributed by atoms with Gasteiger partial charge in [-0.05, 0) is 37.9 Å². The normalized spacial score (nSPS) is 28.1. The fourth-order valence-electron chi connectivity index (χ4n) is 3.53. The van der Waals surface area contributed by atoms with Crippen molar-refractivity contribution in [3.63, 3.8) is 0 Å². The van der Waals surface area contributed by atoms with Gasteiger partial charge in [0.05, 0.1) is 0 Å². The number of anilines is 1. The molecule has 0 aromatic carbocycles. The zero-order valence-electron chi connectivity index (χ0n) is 12.7. The van der Waals surface area contributed by atoms with Gasteiger partial charge in [-0.1, -0.05) is 12.5 Å². The van der Waals surface area contributed by atoms with Crippen molar-refractivity contribution in [3.8, 4) is 0 Å². The summed E-state index contributed by atoms with van der Waals surface area (Å²) in [4.78, 5) is 9.75. The van der Waals surface area contributed by atoms with E-state index in [1.165, 1.54) is 44.5 Å². The minimum Gasteiger partial charge on any atom is -0.373 e. The van der Waals surface area contributed by atoms with Gasteiger partial charge in [0.2, 0.25) is 0 Å². The first-order chi connectivity index (χ1) is 9.76. The van der Waals surface area contributed by atoms with Gasteiger partial charge in [0.15, 0.2) is 0 Å². The molecule has 2 aliphatic heterocycles. The van der Waals surface area contributed by atoms with E-state index in [4.69, 9.17) is 0 Å². The zero-order chi connectivity index (χ0) is 13.9. The molecule has 2 unspecified atom stereocenters. The molecule has 2 atom stereocenters. The molecule has 110 valence electrons. The second-order valence-electron chi connectivity index (χ2n) is 6.22. The van der Waals surface area contributed by atoms with Gasteiger partial charge in [0.25, 0.3) is 0 Å². The van der Waals surface area contributed by atoms with Crippen molar-refractivity contribution in [3.05, 3.63) is 23.9 Å². The van der Waals surface area contributed by atoms with Gasteiger partial charge in [-0.2, -0.15) is 0 Å². The fraction of sp³-hybridized carbons (Fsp3) is 0.688. The van der Waals surface area contributed by atoms with Crippen LogP contribution in [0.2, 0.25) is 0 Å². The molecule has 0 radical (unpaired) electrons. The number of hydrogen-bond donors (Lipinski definition) is 1. The Morgan fingerprint density at radius 3 is 2.95 bits per heavy atom. The molecule has 1 N–H and O–H groups in total. The zero-order valence-corrected chi connectivity index (χ0v) is 12.7. The average molecular weight is 274 g/mol. The summed E-state index contributed by atoms with van der Waals surface area (Å²) in [6, 6.07) is 5.69. The van der Waals surface area contributed by atoms with Gasteiger partial charge >= 0.3 is 0 Å².